The third-order valence-corrected chi connectivity index (χ3v) is 3.51. The number of aryl methyl sites for hydroxylation is 1. The summed E-state index contributed by atoms with van der Waals surface area (Å²) in [6.45, 7) is 4.87. The molecule has 1 aliphatic rings. The molecule has 0 saturated carbocycles. The third-order valence-electron chi connectivity index (χ3n) is 3.51. The number of primary amides is 1. The van der Waals surface area contributed by atoms with Crippen molar-refractivity contribution in [3.05, 3.63) is 34.0 Å². The van der Waals surface area contributed by atoms with Crippen LogP contribution in [0.3, 0.4) is 0 Å². The number of amides is 1. The lowest BCUT2D eigenvalue weighted by atomic mass is 10.0. The molecule has 1 atom stereocenters. The minimum absolute atomic E-state index is 0.392. The first kappa shape index (κ1) is 11.0. The van der Waals surface area contributed by atoms with E-state index in [-0.39, 0.29) is 0 Å². The van der Waals surface area contributed by atoms with Gasteiger partial charge in [0.2, 0.25) is 5.91 Å². The molecular weight excluding hydrogens is 226 g/mol. The molecule has 0 aliphatic carbocycles. The zero-order valence-corrected chi connectivity index (χ0v) is 10.4. The van der Waals surface area contributed by atoms with Gasteiger partial charge in [-0.15, -0.1) is 0 Å². The predicted octanol–water partition coefficient (Wildman–Crippen LogP) is 0.625. The van der Waals surface area contributed by atoms with Crippen LogP contribution < -0.4 is 16.4 Å². The number of aromatic nitrogens is 1. The van der Waals surface area contributed by atoms with Crippen LogP contribution in [0.5, 0.6) is 0 Å². The highest BCUT2D eigenvalue weighted by molar-refractivity contribution is 5.99. The van der Waals surface area contributed by atoms with Crippen molar-refractivity contribution in [3.8, 4) is 0 Å². The van der Waals surface area contributed by atoms with Crippen molar-refractivity contribution in [2.24, 2.45) is 16.6 Å². The molecule has 18 heavy (non-hydrogen) atoms. The monoisotopic (exact) mass is 241 g/mol. The average Bonchev–Trinajstić information content (AvgIpc) is 2.68. The highest BCUT2D eigenvalue weighted by Gasteiger charge is 2.13. The highest BCUT2D eigenvalue weighted by Crippen LogP contribution is 2.17. The van der Waals surface area contributed by atoms with E-state index in [4.69, 9.17) is 5.73 Å². The number of rotatable bonds is 1. The minimum Gasteiger partial charge on any atom is -0.366 e. The van der Waals surface area contributed by atoms with Gasteiger partial charge in [0, 0.05) is 22.7 Å². The van der Waals surface area contributed by atoms with Crippen molar-refractivity contribution in [2.45, 2.75) is 13.8 Å². The molecule has 1 aromatic carbocycles. The summed E-state index contributed by atoms with van der Waals surface area (Å²) in [7, 11) is 0. The van der Waals surface area contributed by atoms with Crippen LogP contribution in [0, 0.1) is 12.8 Å². The number of carbonyl (C=O) groups excluding carboxylic acids is 1. The number of nitrogens with zero attached hydrogens (tertiary/aromatic N) is 1. The average molecular weight is 241 g/mol. The van der Waals surface area contributed by atoms with Gasteiger partial charge in [0.05, 0.1) is 5.52 Å². The molecule has 3 N–H and O–H groups in total. The second-order valence-electron chi connectivity index (χ2n) is 4.90. The van der Waals surface area contributed by atoms with Gasteiger partial charge < -0.3 is 10.7 Å². The lowest BCUT2D eigenvalue weighted by molar-refractivity contribution is 0.1000. The fourth-order valence-electron chi connectivity index (χ4n) is 2.54. The van der Waals surface area contributed by atoms with Crippen LogP contribution in [0.2, 0.25) is 0 Å². The van der Waals surface area contributed by atoms with Gasteiger partial charge in [0.1, 0.15) is 5.49 Å². The Morgan fingerprint density at radius 1 is 1.50 bits per heavy atom. The highest BCUT2D eigenvalue weighted by atomic mass is 16.1. The van der Waals surface area contributed by atoms with Crippen molar-refractivity contribution < 1.29 is 4.79 Å². The second-order valence-corrected chi connectivity index (χ2v) is 4.90. The molecule has 92 valence electrons. The van der Waals surface area contributed by atoms with E-state index in [1.54, 1.807) is 6.07 Å². The topological polar surface area (TPSA) is 71.2 Å². The first-order valence-corrected chi connectivity index (χ1v) is 6.05. The molecule has 0 radical (unpaired) electrons. The van der Waals surface area contributed by atoms with E-state index in [2.05, 4.69) is 23.0 Å². The van der Waals surface area contributed by atoms with E-state index in [9.17, 15) is 4.79 Å². The summed E-state index contributed by atoms with van der Waals surface area (Å²) in [6, 6.07) is 3.74. The van der Waals surface area contributed by atoms with E-state index < -0.39 is 5.91 Å². The lowest BCUT2D eigenvalue weighted by Gasteiger charge is -2.04. The summed E-state index contributed by atoms with van der Waals surface area (Å²) in [6.07, 6.45) is 2.23. The molecule has 0 spiro atoms. The van der Waals surface area contributed by atoms with Crippen molar-refractivity contribution in [2.75, 3.05) is 6.54 Å². The van der Waals surface area contributed by atoms with E-state index in [1.807, 2.05) is 13.0 Å². The maximum atomic E-state index is 11.3. The van der Waals surface area contributed by atoms with E-state index in [0.29, 0.717) is 11.5 Å². The van der Waals surface area contributed by atoms with Crippen LogP contribution in [0.25, 0.3) is 17.0 Å². The molecule has 1 amide bonds. The number of carbonyl (C=O) groups is 1. The normalized spacial score (nSPS) is 18.0. The van der Waals surface area contributed by atoms with Crippen molar-refractivity contribution in [3.63, 3.8) is 0 Å². The van der Waals surface area contributed by atoms with Gasteiger partial charge >= 0.3 is 0 Å². The molecule has 4 nitrogen and oxygen atoms in total. The van der Waals surface area contributed by atoms with Gasteiger partial charge in [-0.1, -0.05) is 19.1 Å². The van der Waals surface area contributed by atoms with Crippen LogP contribution in [0.4, 0.5) is 0 Å². The Bertz CT molecular complexity index is 770. The fraction of sp³-hybridized carbons (Fsp3) is 0.286. The van der Waals surface area contributed by atoms with Gasteiger partial charge in [-0.2, -0.15) is 0 Å². The quantitative estimate of drug-likeness (QED) is 0.755. The Hall–Kier alpha value is -2.10. The third kappa shape index (κ3) is 1.45. The zero-order chi connectivity index (χ0) is 12.9. The molecule has 1 unspecified atom stereocenters. The smallest absolute Gasteiger partial charge is 0.249 e. The molecule has 2 aromatic rings. The molecule has 3 rings (SSSR count). The molecule has 4 heteroatoms. The molecule has 1 aliphatic heterocycles. The molecule has 0 bridgehead atoms. The van der Waals surface area contributed by atoms with Crippen LogP contribution in [0.1, 0.15) is 22.8 Å². The second kappa shape index (κ2) is 3.70. The number of hydrogen-bond donors (Lipinski definition) is 2. The lowest BCUT2D eigenvalue weighted by Crippen LogP contribution is -2.29. The predicted molar refractivity (Wildman–Crippen MR) is 70.8 cm³/mol. The van der Waals surface area contributed by atoms with Crippen LogP contribution in [-0.2, 0) is 0 Å². The number of H-pyrrole nitrogens is 1. The number of nitrogens with one attached hydrogen (secondary N) is 1. The summed E-state index contributed by atoms with van der Waals surface area (Å²) in [5, 5.41) is 2.26. The van der Waals surface area contributed by atoms with Crippen molar-refractivity contribution in [1.29, 1.82) is 0 Å². The minimum atomic E-state index is -0.392. The number of benzene rings is 1. The Morgan fingerprint density at radius 3 is 3.00 bits per heavy atom. The van der Waals surface area contributed by atoms with Crippen molar-refractivity contribution >= 4 is 22.9 Å². The van der Waals surface area contributed by atoms with E-state index >= 15 is 0 Å². The molecular formula is C14H15N3O. The molecule has 1 aromatic heterocycles. The van der Waals surface area contributed by atoms with E-state index in [0.717, 1.165) is 33.7 Å². The zero-order valence-electron chi connectivity index (χ0n) is 10.4. The summed E-state index contributed by atoms with van der Waals surface area (Å²) in [5.74, 6) is 0.0591. The fourth-order valence-corrected chi connectivity index (χ4v) is 2.54. The number of fused-ring (bicyclic) bond motifs is 3. The maximum Gasteiger partial charge on any atom is 0.249 e. The number of hydrogen-bond acceptors (Lipinski definition) is 2. The standard InChI is InChI=1S/C14H15N3O/c1-7-5-11-10-4-3-9(13(15)18)8(2)12(10)17-14(11)16-6-7/h3-5,7H,6H2,1-2H3,(H2,15,18)(H,16,17). The van der Waals surface area contributed by atoms with Crippen LogP contribution >= 0.6 is 0 Å². The summed E-state index contributed by atoms with van der Waals surface area (Å²) >= 11 is 0. The summed E-state index contributed by atoms with van der Waals surface area (Å²) in [4.78, 5) is 19.2. The van der Waals surface area contributed by atoms with Crippen LogP contribution in [-0.4, -0.2) is 17.4 Å². The Morgan fingerprint density at radius 2 is 2.28 bits per heavy atom. The molecule has 2 heterocycles. The first-order chi connectivity index (χ1) is 8.58. The Labute approximate surface area is 104 Å². The Kier molecular flexibility index (Phi) is 2.26. The largest absolute Gasteiger partial charge is 0.366 e. The molecule has 0 saturated heterocycles. The van der Waals surface area contributed by atoms with Gasteiger partial charge in [0.25, 0.3) is 0 Å². The molecule has 0 fully saturated rings. The Balaban J connectivity index is 2.44. The summed E-state index contributed by atoms with van der Waals surface area (Å²) < 4.78 is 0. The van der Waals surface area contributed by atoms with Crippen LogP contribution in [0.15, 0.2) is 17.1 Å². The SMILES string of the molecule is Cc1c(C(N)=O)ccc2c3c([nH]c12)=NCC(C)C=3. The van der Waals surface area contributed by atoms with Gasteiger partial charge in [-0.25, -0.2) is 0 Å². The maximum absolute atomic E-state index is 11.3. The van der Waals surface area contributed by atoms with E-state index in [1.165, 1.54) is 0 Å². The van der Waals surface area contributed by atoms with Crippen molar-refractivity contribution in [1.82, 2.24) is 4.98 Å². The van der Waals surface area contributed by atoms with Gasteiger partial charge in [-0.05, 0) is 24.5 Å². The first-order valence-electron chi connectivity index (χ1n) is 6.05. The van der Waals surface area contributed by atoms with Gasteiger partial charge in [-0.3, -0.25) is 9.79 Å². The number of aromatic amines is 1. The summed E-state index contributed by atoms with van der Waals surface area (Å²) in [5.41, 5.74) is 8.70. The number of nitrogens with two attached hydrogens (primary N) is 1. The van der Waals surface area contributed by atoms with Gasteiger partial charge in [0.15, 0.2) is 0 Å².